The number of para-hydroxylation sites is 1. The van der Waals surface area contributed by atoms with Gasteiger partial charge in [-0.05, 0) is 44.6 Å². The van der Waals surface area contributed by atoms with Crippen molar-refractivity contribution in [1.29, 1.82) is 0 Å². The Kier molecular flexibility index (Phi) is 6.86. The Bertz CT molecular complexity index is 1020. The third kappa shape index (κ3) is 4.28. The summed E-state index contributed by atoms with van der Waals surface area (Å²) in [4.78, 5) is 28.3. The van der Waals surface area contributed by atoms with Gasteiger partial charge in [0.2, 0.25) is 0 Å². The van der Waals surface area contributed by atoms with Crippen molar-refractivity contribution in [2.45, 2.75) is 33.1 Å². The van der Waals surface area contributed by atoms with Crippen molar-refractivity contribution < 1.29 is 4.79 Å². The van der Waals surface area contributed by atoms with Gasteiger partial charge in [0.1, 0.15) is 0 Å². The van der Waals surface area contributed by atoms with E-state index in [1.165, 1.54) is 24.2 Å². The van der Waals surface area contributed by atoms with Crippen LogP contribution < -0.4 is 10.9 Å². The lowest BCUT2D eigenvalue weighted by atomic mass is 10.2. The highest BCUT2D eigenvalue weighted by Crippen LogP contribution is 2.30. The predicted molar refractivity (Wildman–Crippen MR) is 119 cm³/mol. The number of thiophene rings is 1. The second-order valence-corrected chi connectivity index (χ2v) is 8.18. The summed E-state index contributed by atoms with van der Waals surface area (Å²) in [7, 11) is 1.78. The van der Waals surface area contributed by atoms with Crippen LogP contribution in [0.5, 0.6) is 0 Å². The number of aromatic nitrogens is 1. The first-order valence-corrected chi connectivity index (χ1v) is 10.9. The first kappa shape index (κ1) is 20.6. The number of nitrogens with one attached hydrogen (secondary N) is 1. The van der Waals surface area contributed by atoms with E-state index in [-0.39, 0.29) is 11.5 Å². The van der Waals surface area contributed by atoms with Gasteiger partial charge in [-0.1, -0.05) is 38.5 Å². The van der Waals surface area contributed by atoms with E-state index in [1.807, 2.05) is 24.3 Å². The van der Waals surface area contributed by atoms with Crippen molar-refractivity contribution in [3.63, 3.8) is 0 Å². The normalized spacial score (nSPS) is 11.6. The molecule has 6 heteroatoms. The zero-order valence-electron chi connectivity index (χ0n) is 17.0. The number of aryl methyl sites for hydroxylation is 1. The number of unbranched alkanes of at least 4 members (excludes halogenated alkanes) is 1. The molecule has 0 saturated carbocycles. The topological polar surface area (TPSA) is 54.3 Å². The van der Waals surface area contributed by atoms with E-state index in [1.54, 1.807) is 17.7 Å². The molecule has 3 aromatic rings. The molecule has 28 heavy (non-hydrogen) atoms. The van der Waals surface area contributed by atoms with Crippen LogP contribution in [0.25, 0.3) is 21.0 Å². The molecule has 3 rings (SSSR count). The number of amides is 1. The molecule has 0 spiro atoms. The fourth-order valence-corrected chi connectivity index (χ4v) is 4.61. The molecule has 0 unspecified atom stereocenters. The Labute approximate surface area is 170 Å². The number of rotatable bonds is 9. The number of hydrogen-bond acceptors (Lipinski definition) is 4. The molecule has 1 amide bonds. The molecule has 0 aliphatic rings. The largest absolute Gasteiger partial charge is 0.351 e. The van der Waals surface area contributed by atoms with Gasteiger partial charge in [-0.3, -0.25) is 9.59 Å². The number of carbonyl (C=O) groups excluding carboxylic acids is 1. The van der Waals surface area contributed by atoms with Crippen molar-refractivity contribution in [2.24, 2.45) is 7.05 Å². The minimum Gasteiger partial charge on any atom is -0.351 e. The van der Waals surface area contributed by atoms with Crippen molar-refractivity contribution in [2.75, 3.05) is 26.2 Å². The summed E-state index contributed by atoms with van der Waals surface area (Å²) in [5.41, 5.74) is 0.832. The van der Waals surface area contributed by atoms with Crippen LogP contribution in [0.15, 0.2) is 35.1 Å². The zero-order chi connectivity index (χ0) is 20.1. The molecule has 1 N–H and O–H groups in total. The van der Waals surface area contributed by atoms with Crippen molar-refractivity contribution in [3.05, 3.63) is 45.6 Å². The highest BCUT2D eigenvalue weighted by molar-refractivity contribution is 7.21. The van der Waals surface area contributed by atoms with Crippen LogP contribution in [-0.2, 0) is 7.05 Å². The molecule has 0 bridgehead atoms. The Morgan fingerprint density at radius 1 is 1.14 bits per heavy atom. The molecule has 0 atom stereocenters. The minimum atomic E-state index is -0.0936. The van der Waals surface area contributed by atoms with Crippen LogP contribution in [0, 0.1) is 0 Å². The lowest BCUT2D eigenvalue weighted by Crippen LogP contribution is -2.30. The van der Waals surface area contributed by atoms with E-state index >= 15 is 0 Å². The summed E-state index contributed by atoms with van der Waals surface area (Å²) < 4.78 is 2.54. The van der Waals surface area contributed by atoms with E-state index < -0.39 is 0 Å². The quantitative estimate of drug-likeness (QED) is 0.554. The summed E-state index contributed by atoms with van der Waals surface area (Å²) in [5, 5.41) is 4.64. The molecule has 0 aliphatic heterocycles. The lowest BCUT2D eigenvalue weighted by Gasteiger charge is -2.19. The number of fused-ring (bicyclic) bond motifs is 3. The minimum absolute atomic E-state index is 0.0569. The summed E-state index contributed by atoms with van der Waals surface area (Å²) in [6.07, 6.45) is 3.34. The van der Waals surface area contributed by atoms with Crippen molar-refractivity contribution in [1.82, 2.24) is 14.8 Å². The predicted octanol–water partition coefficient (Wildman–Crippen LogP) is 4.00. The van der Waals surface area contributed by atoms with Gasteiger partial charge in [-0.15, -0.1) is 11.3 Å². The Hall–Kier alpha value is -2.18. The van der Waals surface area contributed by atoms with E-state index in [2.05, 4.69) is 24.1 Å². The first-order valence-electron chi connectivity index (χ1n) is 10.1. The summed E-state index contributed by atoms with van der Waals surface area (Å²) in [6, 6.07) is 9.57. The molecule has 2 aromatic heterocycles. The SMILES string of the molecule is CCCCN(CC)CCCNC(=O)c1cc2c(=O)n(C)c3ccccc3c2s1. The van der Waals surface area contributed by atoms with Gasteiger partial charge in [0, 0.05) is 23.7 Å². The van der Waals surface area contributed by atoms with Gasteiger partial charge in [0.15, 0.2) is 0 Å². The first-order chi connectivity index (χ1) is 13.6. The Morgan fingerprint density at radius 2 is 1.89 bits per heavy atom. The van der Waals surface area contributed by atoms with E-state index in [0.29, 0.717) is 16.8 Å². The molecular weight excluding hydrogens is 370 g/mol. The monoisotopic (exact) mass is 399 g/mol. The molecule has 0 radical (unpaired) electrons. The van der Waals surface area contributed by atoms with Crippen LogP contribution in [0.1, 0.15) is 42.8 Å². The van der Waals surface area contributed by atoms with Gasteiger partial charge >= 0.3 is 0 Å². The molecule has 0 aliphatic carbocycles. The zero-order valence-corrected chi connectivity index (χ0v) is 17.8. The lowest BCUT2D eigenvalue weighted by molar-refractivity contribution is 0.0956. The summed E-state index contributed by atoms with van der Waals surface area (Å²) >= 11 is 1.40. The fourth-order valence-electron chi connectivity index (χ4n) is 3.51. The van der Waals surface area contributed by atoms with Gasteiger partial charge in [0.25, 0.3) is 11.5 Å². The average molecular weight is 400 g/mol. The van der Waals surface area contributed by atoms with Crippen LogP contribution in [-0.4, -0.2) is 41.6 Å². The molecule has 150 valence electrons. The maximum absolute atomic E-state index is 12.7. The maximum atomic E-state index is 12.7. The highest BCUT2D eigenvalue weighted by atomic mass is 32.1. The summed E-state index contributed by atoms with van der Waals surface area (Å²) in [5.74, 6) is -0.0936. The van der Waals surface area contributed by atoms with E-state index in [0.717, 1.165) is 41.7 Å². The number of nitrogens with zero attached hydrogens (tertiary/aromatic N) is 2. The highest BCUT2D eigenvalue weighted by Gasteiger charge is 2.16. The number of carbonyl (C=O) groups is 1. The molecule has 0 saturated heterocycles. The number of hydrogen-bond donors (Lipinski definition) is 1. The molecule has 5 nitrogen and oxygen atoms in total. The smallest absolute Gasteiger partial charge is 0.261 e. The Morgan fingerprint density at radius 3 is 2.64 bits per heavy atom. The van der Waals surface area contributed by atoms with E-state index in [4.69, 9.17) is 0 Å². The van der Waals surface area contributed by atoms with Gasteiger partial charge in [0.05, 0.1) is 15.8 Å². The molecular formula is C22H29N3O2S. The average Bonchev–Trinajstić information content (AvgIpc) is 3.17. The third-order valence-corrected chi connectivity index (χ3v) is 6.38. The van der Waals surface area contributed by atoms with Crippen LogP contribution in [0.2, 0.25) is 0 Å². The molecule has 0 fully saturated rings. The van der Waals surface area contributed by atoms with E-state index in [9.17, 15) is 9.59 Å². The van der Waals surface area contributed by atoms with Crippen LogP contribution >= 0.6 is 11.3 Å². The maximum Gasteiger partial charge on any atom is 0.261 e. The van der Waals surface area contributed by atoms with Gasteiger partial charge in [-0.2, -0.15) is 0 Å². The summed E-state index contributed by atoms with van der Waals surface area (Å²) in [6.45, 7) is 8.18. The van der Waals surface area contributed by atoms with Crippen molar-refractivity contribution in [3.8, 4) is 0 Å². The van der Waals surface area contributed by atoms with Crippen LogP contribution in [0.3, 0.4) is 0 Å². The standard InChI is InChI=1S/C22H29N3O2S/c1-4-6-13-25(5-2)14-9-12-23-21(26)19-15-17-20(28-19)16-10-7-8-11-18(16)24(3)22(17)27/h7-8,10-11,15H,4-6,9,12-14H2,1-3H3,(H,23,26). The second kappa shape index (κ2) is 9.34. The molecule has 2 heterocycles. The second-order valence-electron chi connectivity index (χ2n) is 7.13. The van der Waals surface area contributed by atoms with Gasteiger partial charge in [-0.25, -0.2) is 0 Å². The third-order valence-electron chi connectivity index (χ3n) is 5.21. The fraction of sp³-hybridized carbons (Fsp3) is 0.455. The van der Waals surface area contributed by atoms with Crippen molar-refractivity contribution >= 4 is 38.2 Å². The number of benzene rings is 1. The number of pyridine rings is 1. The molecule has 1 aromatic carbocycles. The van der Waals surface area contributed by atoms with Crippen LogP contribution in [0.4, 0.5) is 0 Å². The van der Waals surface area contributed by atoms with Gasteiger partial charge < -0.3 is 14.8 Å². The Balaban J connectivity index is 1.70.